The van der Waals surface area contributed by atoms with E-state index < -0.39 is 0 Å². The van der Waals surface area contributed by atoms with E-state index in [0.29, 0.717) is 13.0 Å². The first-order valence-corrected chi connectivity index (χ1v) is 4.49. The molecule has 0 aliphatic carbocycles. The summed E-state index contributed by atoms with van der Waals surface area (Å²) in [5.74, 6) is 5.87. The molecule has 14 heavy (non-hydrogen) atoms. The van der Waals surface area contributed by atoms with Gasteiger partial charge in [-0.2, -0.15) is 0 Å². The quantitative estimate of drug-likeness (QED) is 0.705. The molecule has 1 aromatic carbocycles. The highest BCUT2D eigenvalue weighted by molar-refractivity contribution is 5.78. The fourth-order valence-corrected chi connectivity index (χ4v) is 1.20. The molecule has 0 saturated carbocycles. The standard InChI is InChI=1S/C12H13NO/c1-10(14)8-12-5-2-4-11(9-12)6-3-7-13/h2,4-5,9H,7-8,13H2,1H3. The fraction of sp³-hybridized carbons (Fsp3) is 0.250. The average Bonchev–Trinajstić information content (AvgIpc) is 2.14. The van der Waals surface area contributed by atoms with Gasteiger partial charge in [-0.3, -0.25) is 4.79 Å². The third-order valence-corrected chi connectivity index (χ3v) is 1.71. The van der Waals surface area contributed by atoms with Crippen LogP contribution in [0, 0.1) is 11.8 Å². The van der Waals surface area contributed by atoms with E-state index in [1.165, 1.54) is 0 Å². The lowest BCUT2D eigenvalue weighted by Crippen LogP contribution is -1.96. The normalized spacial score (nSPS) is 9.00. The molecule has 0 aliphatic heterocycles. The van der Waals surface area contributed by atoms with Crippen LogP contribution in [0.1, 0.15) is 18.1 Å². The summed E-state index contributed by atoms with van der Waals surface area (Å²) in [6.45, 7) is 1.94. The Morgan fingerprint density at radius 2 is 2.29 bits per heavy atom. The number of nitrogens with two attached hydrogens (primary N) is 1. The monoisotopic (exact) mass is 187 g/mol. The van der Waals surface area contributed by atoms with Crippen LogP contribution < -0.4 is 5.73 Å². The molecule has 0 heterocycles. The molecule has 72 valence electrons. The molecule has 0 atom stereocenters. The third kappa shape index (κ3) is 3.42. The van der Waals surface area contributed by atoms with Crippen molar-refractivity contribution < 1.29 is 4.79 Å². The first kappa shape index (κ1) is 10.5. The zero-order valence-electron chi connectivity index (χ0n) is 8.21. The van der Waals surface area contributed by atoms with Crippen LogP contribution in [-0.4, -0.2) is 12.3 Å². The SMILES string of the molecule is CC(=O)Cc1cccc(C#CCN)c1. The van der Waals surface area contributed by atoms with Crippen molar-refractivity contribution in [2.75, 3.05) is 6.54 Å². The second-order valence-electron chi connectivity index (χ2n) is 3.09. The van der Waals surface area contributed by atoms with E-state index in [1.54, 1.807) is 6.92 Å². The molecular weight excluding hydrogens is 174 g/mol. The molecule has 2 heteroatoms. The maximum atomic E-state index is 10.9. The van der Waals surface area contributed by atoms with Crippen molar-refractivity contribution in [3.63, 3.8) is 0 Å². The molecule has 1 rings (SSSR count). The van der Waals surface area contributed by atoms with Crippen molar-refractivity contribution in [3.05, 3.63) is 35.4 Å². The summed E-state index contributed by atoms with van der Waals surface area (Å²) < 4.78 is 0. The fourth-order valence-electron chi connectivity index (χ4n) is 1.20. The number of ketones is 1. The number of hydrogen-bond donors (Lipinski definition) is 1. The zero-order valence-corrected chi connectivity index (χ0v) is 8.21. The van der Waals surface area contributed by atoms with Gasteiger partial charge < -0.3 is 5.73 Å². The summed E-state index contributed by atoms with van der Waals surface area (Å²) in [6, 6.07) is 7.66. The number of rotatable bonds is 2. The highest BCUT2D eigenvalue weighted by atomic mass is 16.1. The van der Waals surface area contributed by atoms with E-state index in [-0.39, 0.29) is 5.78 Å². The molecule has 0 spiro atoms. The highest BCUT2D eigenvalue weighted by Crippen LogP contribution is 2.05. The van der Waals surface area contributed by atoms with Gasteiger partial charge in [-0.25, -0.2) is 0 Å². The molecule has 0 bridgehead atoms. The number of carbonyl (C=O) groups excluding carboxylic acids is 1. The summed E-state index contributed by atoms with van der Waals surface area (Å²) in [7, 11) is 0. The molecular formula is C12H13NO. The average molecular weight is 187 g/mol. The largest absolute Gasteiger partial charge is 0.320 e. The summed E-state index contributed by atoms with van der Waals surface area (Å²) in [5, 5.41) is 0. The van der Waals surface area contributed by atoms with Crippen molar-refractivity contribution >= 4 is 5.78 Å². The molecule has 1 aromatic rings. The topological polar surface area (TPSA) is 43.1 Å². The summed E-state index contributed by atoms with van der Waals surface area (Å²) in [4.78, 5) is 10.9. The van der Waals surface area contributed by atoms with Crippen LogP contribution in [-0.2, 0) is 11.2 Å². The van der Waals surface area contributed by atoms with Gasteiger partial charge in [0.1, 0.15) is 5.78 Å². The first-order valence-electron chi connectivity index (χ1n) is 4.49. The lowest BCUT2D eigenvalue weighted by atomic mass is 10.1. The van der Waals surface area contributed by atoms with Crippen molar-refractivity contribution in [1.29, 1.82) is 0 Å². The Hall–Kier alpha value is -1.59. The Bertz CT molecular complexity index is 385. The van der Waals surface area contributed by atoms with Crippen molar-refractivity contribution in [2.24, 2.45) is 5.73 Å². The molecule has 0 amide bonds. The summed E-state index contributed by atoms with van der Waals surface area (Å²) >= 11 is 0. The smallest absolute Gasteiger partial charge is 0.134 e. The predicted molar refractivity (Wildman–Crippen MR) is 56.8 cm³/mol. The summed E-state index contributed by atoms with van der Waals surface area (Å²) in [5.41, 5.74) is 7.18. The zero-order chi connectivity index (χ0) is 10.4. The van der Waals surface area contributed by atoms with Crippen molar-refractivity contribution in [2.45, 2.75) is 13.3 Å². The second-order valence-corrected chi connectivity index (χ2v) is 3.09. The third-order valence-electron chi connectivity index (χ3n) is 1.71. The molecule has 0 aliphatic rings. The van der Waals surface area contributed by atoms with Gasteiger partial charge >= 0.3 is 0 Å². The van der Waals surface area contributed by atoms with Crippen molar-refractivity contribution in [1.82, 2.24) is 0 Å². The predicted octanol–water partition coefficient (Wildman–Crippen LogP) is 1.13. The minimum atomic E-state index is 0.161. The minimum absolute atomic E-state index is 0.161. The van der Waals surface area contributed by atoms with Crippen LogP contribution in [0.2, 0.25) is 0 Å². The first-order chi connectivity index (χ1) is 6.72. The maximum Gasteiger partial charge on any atom is 0.134 e. The Kier molecular flexibility index (Phi) is 3.90. The molecule has 0 fully saturated rings. The number of hydrogen-bond acceptors (Lipinski definition) is 2. The van der Waals surface area contributed by atoms with Crippen LogP contribution in [0.4, 0.5) is 0 Å². The maximum absolute atomic E-state index is 10.9. The van der Waals surface area contributed by atoms with Gasteiger partial charge in [-0.15, -0.1) is 0 Å². The molecule has 0 aromatic heterocycles. The van der Waals surface area contributed by atoms with Gasteiger partial charge in [0.25, 0.3) is 0 Å². The van der Waals surface area contributed by atoms with Gasteiger partial charge in [0, 0.05) is 12.0 Å². The van der Waals surface area contributed by atoms with Gasteiger partial charge in [-0.05, 0) is 24.6 Å². The highest BCUT2D eigenvalue weighted by Gasteiger charge is 1.97. The lowest BCUT2D eigenvalue weighted by molar-refractivity contribution is -0.116. The van der Waals surface area contributed by atoms with Gasteiger partial charge in [0.2, 0.25) is 0 Å². The molecule has 0 radical (unpaired) electrons. The van der Waals surface area contributed by atoms with Crippen LogP contribution in [0.5, 0.6) is 0 Å². The molecule has 2 N–H and O–H groups in total. The van der Waals surface area contributed by atoms with Crippen LogP contribution >= 0.6 is 0 Å². The Labute approximate surface area is 84.1 Å². The van der Waals surface area contributed by atoms with E-state index in [2.05, 4.69) is 11.8 Å². The van der Waals surface area contributed by atoms with E-state index in [4.69, 9.17) is 5.73 Å². The van der Waals surface area contributed by atoms with Crippen molar-refractivity contribution in [3.8, 4) is 11.8 Å². The second kappa shape index (κ2) is 5.21. The van der Waals surface area contributed by atoms with Crippen LogP contribution in [0.25, 0.3) is 0 Å². The number of benzene rings is 1. The van der Waals surface area contributed by atoms with Gasteiger partial charge in [0.05, 0.1) is 6.54 Å². The van der Waals surface area contributed by atoms with E-state index >= 15 is 0 Å². The van der Waals surface area contributed by atoms with Crippen LogP contribution in [0.3, 0.4) is 0 Å². The van der Waals surface area contributed by atoms with Crippen LogP contribution in [0.15, 0.2) is 24.3 Å². The minimum Gasteiger partial charge on any atom is -0.320 e. The molecule has 0 unspecified atom stereocenters. The van der Waals surface area contributed by atoms with Gasteiger partial charge in [-0.1, -0.05) is 24.0 Å². The number of carbonyl (C=O) groups is 1. The van der Waals surface area contributed by atoms with E-state index in [9.17, 15) is 4.79 Å². The van der Waals surface area contributed by atoms with E-state index in [0.717, 1.165) is 11.1 Å². The summed E-state index contributed by atoms with van der Waals surface area (Å²) in [6.07, 6.45) is 0.470. The van der Waals surface area contributed by atoms with Gasteiger partial charge in [0.15, 0.2) is 0 Å². The Morgan fingerprint density at radius 3 is 2.93 bits per heavy atom. The molecule has 2 nitrogen and oxygen atoms in total. The number of Topliss-reactive ketones (excluding diaryl/α,β-unsaturated/α-hetero) is 1. The molecule has 0 saturated heterocycles. The Balaban J connectivity index is 2.84. The lowest BCUT2D eigenvalue weighted by Gasteiger charge is -1.97. The van der Waals surface area contributed by atoms with E-state index in [1.807, 2.05) is 24.3 Å². The Morgan fingerprint density at radius 1 is 1.50 bits per heavy atom.